The number of hydrogen-bond donors (Lipinski definition) is 0. The van der Waals surface area contributed by atoms with Crippen molar-refractivity contribution in [3.63, 3.8) is 0 Å². The van der Waals surface area contributed by atoms with Crippen LogP contribution in [0.2, 0.25) is 5.15 Å². The van der Waals surface area contributed by atoms with Crippen molar-refractivity contribution in [2.45, 2.75) is 13.0 Å². The fourth-order valence-corrected chi connectivity index (χ4v) is 3.67. The first-order chi connectivity index (χ1) is 16.4. The number of halogens is 3. The smallest absolute Gasteiger partial charge is 0.254 e. The molecule has 0 bridgehead atoms. The van der Waals surface area contributed by atoms with Gasteiger partial charge in [0.15, 0.2) is 16.8 Å². The monoisotopic (exact) mass is 487 g/mol. The van der Waals surface area contributed by atoms with Crippen LogP contribution in [-0.2, 0) is 17.8 Å². The number of aromatic nitrogens is 3. The maximum Gasteiger partial charge on any atom is 0.254 e. The van der Waals surface area contributed by atoms with Crippen LogP contribution in [0.4, 0.5) is 8.78 Å². The van der Waals surface area contributed by atoms with Crippen LogP contribution < -0.4 is 4.74 Å². The number of amides is 2. The van der Waals surface area contributed by atoms with Crippen molar-refractivity contribution in [2.24, 2.45) is 0 Å². The van der Waals surface area contributed by atoms with Gasteiger partial charge in [-0.25, -0.2) is 18.7 Å². The highest BCUT2D eigenvalue weighted by Crippen LogP contribution is 2.18. The van der Waals surface area contributed by atoms with Gasteiger partial charge in [0.05, 0.1) is 12.1 Å². The lowest BCUT2D eigenvalue weighted by molar-refractivity contribution is -0.132. The van der Waals surface area contributed by atoms with Gasteiger partial charge in [-0.15, -0.1) is 0 Å². The number of nitrogens with zero attached hydrogens (tertiary/aromatic N) is 5. The fourth-order valence-electron chi connectivity index (χ4n) is 3.50. The summed E-state index contributed by atoms with van der Waals surface area (Å²) in [5, 5.41) is 0.195. The molecule has 1 aliphatic rings. The molecule has 0 radical (unpaired) electrons. The molecule has 8 nitrogen and oxygen atoms in total. The van der Waals surface area contributed by atoms with E-state index < -0.39 is 11.6 Å². The number of carbonyl (C=O) groups excluding carboxylic acids is 2. The summed E-state index contributed by atoms with van der Waals surface area (Å²) in [6, 6.07) is 6.82. The minimum absolute atomic E-state index is 0.0393. The van der Waals surface area contributed by atoms with Crippen LogP contribution in [0.3, 0.4) is 0 Å². The lowest BCUT2D eigenvalue weighted by atomic mass is 10.2. The Bertz CT molecular complexity index is 1200. The Labute approximate surface area is 199 Å². The Morgan fingerprint density at radius 1 is 0.971 bits per heavy atom. The summed E-state index contributed by atoms with van der Waals surface area (Å²) < 4.78 is 32.6. The molecule has 4 rings (SSSR count). The first-order valence-electron chi connectivity index (χ1n) is 10.5. The van der Waals surface area contributed by atoms with E-state index in [9.17, 15) is 18.4 Å². The number of pyridine rings is 1. The van der Waals surface area contributed by atoms with Crippen LogP contribution in [-0.4, -0.2) is 62.7 Å². The zero-order valence-electron chi connectivity index (χ0n) is 18.0. The summed E-state index contributed by atoms with van der Waals surface area (Å²) in [6.45, 7) is 1.22. The third kappa shape index (κ3) is 5.45. The van der Waals surface area contributed by atoms with Crippen LogP contribution >= 0.6 is 11.6 Å². The number of rotatable bonds is 6. The van der Waals surface area contributed by atoms with Gasteiger partial charge in [-0.1, -0.05) is 23.7 Å². The van der Waals surface area contributed by atoms with Gasteiger partial charge in [0.25, 0.3) is 5.91 Å². The van der Waals surface area contributed by atoms with Crippen LogP contribution in [0.15, 0.2) is 48.9 Å². The molecule has 0 spiro atoms. The molecule has 3 heterocycles. The topological polar surface area (TPSA) is 88.5 Å². The van der Waals surface area contributed by atoms with Gasteiger partial charge in [0.2, 0.25) is 11.8 Å². The van der Waals surface area contributed by atoms with E-state index in [1.165, 1.54) is 36.8 Å². The zero-order valence-corrected chi connectivity index (χ0v) is 18.7. The summed E-state index contributed by atoms with van der Waals surface area (Å²) in [5.41, 5.74) is 0.799. The molecule has 11 heteroatoms. The first-order valence-corrected chi connectivity index (χ1v) is 10.8. The summed E-state index contributed by atoms with van der Waals surface area (Å²) in [7, 11) is 0. The fraction of sp³-hybridized carbons (Fsp3) is 0.261. The highest BCUT2D eigenvalue weighted by molar-refractivity contribution is 6.30. The highest BCUT2D eigenvalue weighted by Gasteiger charge is 2.26. The number of ether oxygens (including phenoxy) is 1. The summed E-state index contributed by atoms with van der Waals surface area (Å²) in [5.74, 6) is -2.21. The predicted octanol–water partition coefficient (Wildman–Crippen LogP) is 2.91. The zero-order chi connectivity index (χ0) is 24.1. The molecule has 0 atom stereocenters. The minimum Gasteiger partial charge on any atom is -0.473 e. The molecule has 1 aromatic carbocycles. The molecule has 3 aromatic rings. The lowest BCUT2D eigenvalue weighted by Crippen LogP contribution is -2.51. The molecule has 0 aliphatic carbocycles. The second-order valence-corrected chi connectivity index (χ2v) is 7.89. The highest BCUT2D eigenvalue weighted by atomic mass is 35.5. The molecule has 2 aromatic heterocycles. The standard InChI is InChI=1S/C23H20ClF2N5O3/c24-22-18(27-6-7-29-22)13-20(32)30-8-10-31(11-9-30)23(33)15-4-5-28-19(12-15)34-14-16-2-1-3-17(25)21(16)26/h1-7,12H,8-11,13-14H2. The van der Waals surface area contributed by atoms with E-state index >= 15 is 0 Å². The molecular formula is C23H20ClF2N5O3. The van der Waals surface area contributed by atoms with E-state index in [4.69, 9.17) is 16.3 Å². The van der Waals surface area contributed by atoms with Crippen LogP contribution in [0.5, 0.6) is 5.88 Å². The molecule has 0 unspecified atom stereocenters. The maximum atomic E-state index is 13.8. The number of carbonyl (C=O) groups is 2. The van der Waals surface area contributed by atoms with Crippen molar-refractivity contribution in [1.82, 2.24) is 24.8 Å². The van der Waals surface area contributed by atoms with Crippen molar-refractivity contribution in [3.05, 3.63) is 82.5 Å². The molecule has 1 saturated heterocycles. The second kappa shape index (κ2) is 10.5. The predicted molar refractivity (Wildman–Crippen MR) is 118 cm³/mol. The molecule has 2 amide bonds. The third-order valence-electron chi connectivity index (χ3n) is 5.35. The average molecular weight is 488 g/mol. The van der Waals surface area contributed by atoms with E-state index in [1.54, 1.807) is 15.9 Å². The first kappa shape index (κ1) is 23.5. The van der Waals surface area contributed by atoms with E-state index in [-0.39, 0.29) is 41.4 Å². The average Bonchev–Trinajstić information content (AvgIpc) is 2.86. The van der Waals surface area contributed by atoms with Crippen molar-refractivity contribution >= 4 is 23.4 Å². The molecule has 1 aliphatic heterocycles. The molecule has 0 saturated carbocycles. The van der Waals surface area contributed by atoms with Crippen LogP contribution in [0.1, 0.15) is 21.6 Å². The molecule has 0 N–H and O–H groups in total. The quantitative estimate of drug-likeness (QED) is 0.531. The third-order valence-corrected chi connectivity index (χ3v) is 5.67. The van der Waals surface area contributed by atoms with Crippen molar-refractivity contribution in [3.8, 4) is 5.88 Å². The lowest BCUT2D eigenvalue weighted by Gasteiger charge is -2.34. The largest absolute Gasteiger partial charge is 0.473 e. The van der Waals surface area contributed by atoms with Crippen LogP contribution in [0.25, 0.3) is 0 Å². The van der Waals surface area contributed by atoms with E-state index in [0.717, 1.165) is 6.07 Å². The van der Waals surface area contributed by atoms with Gasteiger partial charge in [-0.05, 0) is 12.1 Å². The second-order valence-electron chi connectivity index (χ2n) is 7.53. The number of hydrogen-bond acceptors (Lipinski definition) is 6. The van der Waals surface area contributed by atoms with Gasteiger partial charge < -0.3 is 14.5 Å². The molecular weight excluding hydrogens is 468 g/mol. The summed E-state index contributed by atoms with van der Waals surface area (Å²) >= 11 is 5.98. The van der Waals surface area contributed by atoms with Gasteiger partial charge in [-0.2, -0.15) is 0 Å². The Kier molecular flexibility index (Phi) is 7.27. The van der Waals surface area contributed by atoms with Gasteiger partial charge in [0, 0.05) is 62.0 Å². The van der Waals surface area contributed by atoms with Gasteiger partial charge in [0.1, 0.15) is 6.61 Å². The van der Waals surface area contributed by atoms with Crippen molar-refractivity contribution in [1.29, 1.82) is 0 Å². The summed E-state index contributed by atoms with van der Waals surface area (Å²) in [4.78, 5) is 40.8. The minimum atomic E-state index is -0.983. The number of benzene rings is 1. The summed E-state index contributed by atoms with van der Waals surface area (Å²) in [6.07, 6.45) is 4.38. The Hall–Kier alpha value is -3.66. The van der Waals surface area contributed by atoms with E-state index in [0.29, 0.717) is 37.4 Å². The molecule has 34 heavy (non-hydrogen) atoms. The Balaban J connectivity index is 1.33. The Morgan fingerprint density at radius 3 is 2.47 bits per heavy atom. The number of piperazine rings is 1. The van der Waals surface area contributed by atoms with Gasteiger partial charge >= 0.3 is 0 Å². The molecule has 1 fully saturated rings. The van der Waals surface area contributed by atoms with E-state index in [2.05, 4.69) is 15.0 Å². The Morgan fingerprint density at radius 2 is 1.71 bits per heavy atom. The van der Waals surface area contributed by atoms with Gasteiger partial charge in [-0.3, -0.25) is 14.6 Å². The molecule has 176 valence electrons. The van der Waals surface area contributed by atoms with Crippen LogP contribution in [0, 0.1) is 11.6 Å². The normalized spacial score (nSPS) is 13.6. The maximum absolute atomic E-state index is 13.8. The van der Waals surface area contributed by atoms with Crippen molar-refractivity contribution < 1.29 is 23.1 Å². The SMILES string of the molecule is O=C(Cc1nccnc1Cl)N1CCN(C(=O)c2ccnc(OCc3cccc(F)c3F)c2)CC1. The van der Waals surface area contributed by atoms with Crippen molar-refractivity contribution in [2.75, 3.05) is 26.2 Å². The van der Waals surface area contributed by atoms with E-state index in [1.807, 2.05) is 0 Å².